The van der Waals surface area contributed by atoms with E-state index in [0.717, 1.165) is 5.56 Å². The van der Waals surface area contributed by atoms with Crippen molar-refractivity contribution in [3.63, 3.8) is 0 Å². The number of rotatable bonds is 5. The van der Waals surface area contributed by atoms with Gasteiger partial charge in [0.1, 0.15) is 0 Å². The average Bonchev–Trinajstić information content (AvgIpc) is 2.91. The lowest BCUT2D eigenvalue weighted by atomic mass is 10.2. The number of thiophene rings is 1. The molecule has 20 heavy (non-hydrogen) atoms. The van der Waals surface area contributed by atoms with E-state index in [0.29, 0.717) is 13.1 Å². The summed E-state index contributed by atoms with van der Waals surface area (Å²) in [5, 5.41) is 4.97. The van der Waals surface area contributed by atoms with E-state index in [4.69, 9.17) is 0 Å². The van der Waals surface area contributed by atoms with Crippen molar-refractivity contribution in [2.24, 2.45) is 0 Å². The molecule has 4 nitrogen and oxygen atoms in total. The fourth-order valence-electron chi connectivity index (χ4n) is 1.84. The Bertz CT molecular complexity index is 525. The molecule has 0 saturated carbocycles. The first-order chi connectivity index (χ1) is 9.65. The first-order valence-corrected chi connectivity index (χ1v) is 7.50. The van der Waals surface area contributed by atoms with E-state index in [2.05, 4.69) is 10.3 Å². The number of hydrogen-bond donors (Lipinski definition) is 1. The number of carbonyl (C=O) groups excluding carboxylic acids is 1. The van der Waals surface area contributed by atoms with E-state index in [1.54, 1.807) is 23.7 Å². The van der Waals surface area contributed by atoms with Crippen LogP contribution in [-0.4, -0.2) is 22.0 Å². The molecule has 2 aromatic rings. The Morgan fingerprint density at radius 2 is 2.20 bits per heavy atom. The van der Waals surface area contributed by atoms with E-state index in [1.807, 2.05) is 48.4 Å². The van der Waals surface area contributed by atoms with Crippen LogP contribution < -0.4 is 5.32 Å². The third-order valence-corrected chi connectivity index (χ3v) is 3.58. The molecule has 0 spiro atoms. The van der Waals surface area contributed by atoms with Crippen LogP contribution in [0, 0.1) is 0 Å². The number of urea groups is 1. The Hall–Kier alpha value is -1.88. The van der Waals surface area contributed by atoms with Crippen molar-refractivity contribution in [2.45, 2.75) is 33.0 Å². The molecule has 0 radical (unpaired) electrons. The topological polar surface area (TPSA) is 45.2 Å². The van der Waals surface area contributed by atoms with Crippen LogP contribution in [0.25, 0.3) is 0 Å². The summed E-state index contributed by atoms with van der Waals surface area (Å²) in [5.41, 5.74) is 1.03. The van der Waals surface area contributed by atoms with Gasteiger partial charge in [-0.25, -0.2) is 4.79 Å². The van der Waals surface area contributed by atoms with Gasteiger partial charge in [-0.1, -0.05) is 12.1 Å². The third-order valence-electron chi connectivity index (χ3n) is 2.72. The highest BCUT2D eigenvalue weighted by atomic mass is 32.1. The summed E-state index contributed by atoms with van der Waals surface area (Å²) in [4.78, 5) is 19.4. The van der Waals surface area contributed by atoms with Crippen molar-refractivity contribution in [3.05, 3.63) is 52.5 Å². The van der Waals surface area contributed by atoms with Gasteiger partial charge in [0.25, 0.3) is 0 Å². The molecule has 0 aliphatic rings. The molecule has 0 bridgehead atoms. The minimum absolute atomic E-state index is 0.0442. The van der Waals surface area contributed by atoms with Gasteiger partial charge < -0.3 is 10.2 Å². The number of hydrogen-bond acceptors (Lipinski definition) is 3. The van der Waals surface area contributed by atoms with Gasteiger partial charge in [0, 0.05) is 29.9 Å². The van der Waals surface area contributed by atoms with Gasteiger partial charge in [-0.05, 0) is 36.9 Å². The number of carbonyl (C=O) groups is 1. The van der Waals surface area contributed by atoms with E-state index >= 15 is 0 Å². The Labute approximate surface area is 123 Å². The largest absolute Gasteiger partial charge is 0.336 e. The third kappa shape index (κ3) is 4.35. The smallest absolute Gasteiger partial charge is 0.318 e. The number of pyridine rings is 1. The molecular formula is C15H19N3OS. The van der Waals surface area contributed by atoms with Crippen LogP contribution in [0.3, 0.4) is 0 Å². The van der Waals surface area contributed by atoms with Crippen LogP contribution >= 0.6 is 11.3 Å². The van der Waals surface area contributed by atoms with Crippen LogP contribution in [0.2, 0.25) is 0 Å². The zero-order valence-electron chi connectivity index (χ0n) is 11.7. The highest BCUT2D eigenvalue weighted by molar-refractivity contribution is 7.09. The summed E-state index contributed by atoms with van der Waals surface area (Å²) < 4.78 is 0. The molecule has 2 heterocycles. The molecule has 0 atom stereocenters. The molecule has 5 heteroatoms. The second-order valence-corrected chi connectivity index (χ2v) is 5.93. The van der Waals surface area contributed by atoms with E-state index in [9.17, 15) is 4.79 Å². The van der Waals surface area contributed by atoms with Crippen molar-refractivity contribution in [3.8, 4) is 0 Å². The minimum atomic E-state index is -0.0442. The Morgan fingerprint density at radius 3 is 2.80 bits per heavy atom. The summed E-state index contributed by atoms with van der Waals surface area (Å²) >= 11 is 1.66. The maximum absolute atomic E-state index is 12.3. The molecule has 0 aliphatic carbocycles. The number of nitrogens with one attached hydrogen (secondary N) is 1. The van der Waals surface area contributed by atoms with Gasteiger partial charge in [-0.3, -0.25) is 4.98 Å². The van der Waals surface area contributed by atoms with Gasteiger partial charge in [0.2, 0.25) is 0 Å². The Morgan fingerprint density at radius 1 is 1.35 bits per heavy atom. The fraction of sp³-hybridized carbons (Fsp3) is 0.333. The van der Waals surface area contributed by atoms with Crippen molar-refractivity contribution in [1.82, 2.24) is 15.2 Å². The van der Waals surface area contributed by atoms with Crippen LogP contribution in [0.5, 0.6) is 0 Å². The number of amides is 2. The first kappa shape index (κ1) is 14.5. The maximum Gasteiger partial charge on any atom is 0.318 e. The molecule has 0 saturated heterocycles. The molecule has 0 unspecified atom stereocenters. The van der Waals surface area contributed by atoms with Crippen molar-refractivity contribution < 1.29 is 4.79 Å². The zero-order valence-corrected chi connectivity index (χ0v) is 12.6. The van der Waals surface area contributed by atoms with Crippen LogP contribution in [0.4, 0.5) is 4.79 Å². The molecule has 2 aromatic heterocycles. The summed E-state index contributed by atoms with van der Waals surface area (Å²) in [6.45, 7) is 5.10. The first-order valence-electron chi connectivity index (χ1n) is 6.62. The zero-order chi connectivity index (χ0) is 14.4. The maximum atomic E-state index is 12.3. The fourth-order valence-corrected chi connectivity index (χ4v) is 2.56. The van der Waals surface area contributed by atoms with Gasteiger partial charge >= 0.3 is 6.03 Å². The van der Waals surface area contributed by atoms with Crippen LogP contribution in [-0.2, 0) is 13.1 Å². The molecule has 2 rings (SSSR count). The quantitative estimate of drug-likeness (QED) is 0.918. The predicted octanol–water partition coefficient (Wildman–Crippen LogP) is 3.26. The molecule has 0 aromatic carbocycles. The normalized spacial score (nSPS) is 10.6. The molecule has 2 amide bonds. The second-order valence-electron chi connectivity index (χ2n) is 4.90. The van der Waals surface area contributed by atoms with Gasteiger partial charge in [0.15, 0.2) is 0 Å². The van der Waals surface area contributed by atoms with Crippen LogP contribution in [0.1, 0.15) is 24.3 Å². The highest BCUT2D eigenvalue weighted by Gasteiger charge is 2.15. The Kier molecular flexibility index (Phi) is 5.12. The van der Waals surface area contributed by atoms with E-state index < -0.39 is 0 Å². The van der Waals surface area contributed by atoms with Gasteiger partial charge in [-0.2, -0.15) is 0 Å². The SMILES string of the molecule is CC(C)NC(=O)N(Cc1cccnc1)Cc1cccs1. The minimum Gasteiger partial charge on any atom is -0.336 e. The van der Waals surface area contributed by atoms with E-state index in [1.165, 1.54) is 4.88 Å². The molecular weight excluding hydrogens is 270 g/mol. The van der Waals surface area contributed by atoms with Crippen molar-refractivity contribution in [1.29, 1.82) is 0 Å². The van der Waals surface area contributed by atoms with Gasteiger partial charge in [-0.15, -0.1) is 11.3 Å². The summed E-state index contributed by atoms with van der Waals surface area (Å²) in [6, 6.07) is 8.00. The summed E-state index contributed by atoms with van der Waals surface area (Å²) in [6.07, 6.45) is 3.53. The standard InChI is InChI=1S/C15H19N3OS/c1-12(2)17-15(19)18(11-14-6-4-8-20-14)10-13-5-3-7-16-9-13/h3-9,12H,10-11H2,1-2H3,(H,17,19). The van der Waals surface area contributed by atoms with E-state index in [-0.39, 0.29) is 12.1 Å². The molecule has 0 aliphatic heterocycles. The highest BCUT2D eigenvalue weighted by Crippen LogP contribution is 2.14. The molecule has 0 fully saturated rings. The lowest BCUT2D eigenvalue weighted by Gasteiger charge is -2.24. The Balaban J connectivity index is 2.09. The van der Waals surface area contributed by atoms with Crippen molar-refractivity contribution in [2.75, 3.05) is 0 Å². The number of aromatic nitrogens is 1. The van der Waals surface area contributed by atoms with Crippen molar-refractivity contribution >= 4 is 17.4 Å². The van der Waals surface area contributed by atoms with Gasteiger partial charge in [0.05, 0.1) is 6.54 Å². The lowest BCUT2D eigenvalue weighted by molar-refractivity contribution is 0.190. The van der Waals surface area contributed by atoms with Crippen LogP contribution in [0.15, 0.2) is 42.0 Å². The predicted molar refractivity (Wildman–Crippen MR) is 81.5 cm³/mol. The summed E-state index contributed by atoms with van der Waals surface area (Å²) in [5.74, 6) is 0. The second kappa shape index (κ2) is 7.05. The average molecular weight is 289 g/mol. The monoisotopic (exact) mass is 289 g/mol. The number of nitrogens with zero attached hydrogens (tertiary/aromatic N) is 2. The molecule has 1 N–H and O–H groups in total. The summed E-state index contributed by atoms with van der Waals surface area (Å²) in [7, 11) is 0. The molecule has 106 valence electrons. The lowest BCUT2D eigenvalue weighted by Crippen LogP contribution is -2.42.